The lowest BCUT2D eigenvalue weighted by atomic mass is 10.1. The van der Waals surface area contributed by atoms with Gasteiger partial charge in [0.05, 0.1) is 11.3 Å². The van der Waals surface area contributed by atoms with E-state index < -0.39 is 0 Å². The fourth-order valence-corrected chi connectivity index (χ4v) is 4.17. The van der Waals surface area contributed by atoms with Crippen molar-refractivity contribution in [1.29, 1.82) is 0 Å². The zero-order valence-electron chi connectivity index (χ0n) is 18.4. The molecule has 0 N–H and O–H groups in total. The van der Waals surface area contributed by atoms with Crippen LogP contribution < -0.4 is 0 Å². The van der Waals surface area contributed by atoms with E-state index in [4.69, 9.17) is 5.10 Å². The normalized spacial score (nSPS) is 14.0. The van der Waals surface area contributed by atoms with Gasteiger partial charge in [-0.3, -0.25) is 9.69 Å². The van der Waals surface area contributed by atoms with E-state index in [9.17, 15) is 4.79 Å². The van der Waals surface area contributed by atoms with Crippen LogP contribution in [0, 0.1) is 0 Å². The van der Waals surface area contributed by atoms with Crippen LogP contribution in [-0.2, 0) is 6.54 Å². The minimum atomic E-state index is 0. The predicted octanol–water partition coefficient (Wildman–Crippen LogP) is 4.92. The molecular formula is C27H27ClN4O. The number of amides is 1. The minimum Gasteiger partial charge on any atom is -0.336 e. The topological polar surface area (TPSA) is 41.4 Å². The second-order valence-corrected chi connectivity index (χ2v) is 8.09. The van der Waals surface area contributed by atoms with Crippen LogP contribution in [0.2, 0.25) is 0 Å². The van der Waals surface area contributed by atoms with Crippen LogP contribution in [0.4, 0.5) is 0 Å². The smallest absolute Gasteiger partial charge is 0.257 e. The monoisotopic (exact) mass is 458 g/mol. The first-order chi connectivity index (χ1) is 15.8. The number of carbonyl (C=O) groups excluding carboxylic acids is 1. The lowest BCUT2D eigenvalue weighted by Gasteiger charge is -2.34. The maximum atomic E-state index is 13.6. The highest BCUT2D eigenvalue weighted by molar-refractivity contribution is 6.00. The van der Waals surface area contributed by atoms with E-state index in [1.54, 1.807) is 4.68 Å². The third-order valence-electron chi connectivity index (χ3n) is 5.92. The fourth-order valence-electron chi connectivity index (χ4n) is 4.17. The largest absolute Gasteiger partial charge is 0.336 e. The second kappa shape index (κ2) is 10.5. The van der Waals surface area contributed by atoms with E-state index in [-0.39, 0.29) is 18.3 Å². The Morgan fingerprint density at radius 3 is 1.97 bits per heavy atom. The third-order valence-corrected chi connectivity index (χ3v) is 5.92. The lowest BCUT2D eigenvalue weighted by molar-refractivity contribution is 0.0629. The standard InChI is InChI=1S/C27H26N4O.ClH/c32-27(30-18-16-29(17-19-30)20-22-10-4-1-5-11-22)25-21-31(24-14-8-3-9-15-24)28-26(25)23-12-6-2-7-13-23;/h1-15,21H,16-20H2;1H. The lowest BCUT2D eigenvalue weighted by Crippen LogP contribution is -2.48. The highest BCUT2D eigenvalue weighted by Gasteiger charge is 2.26. The summed E-state index contributed by atoms with van der Waals surface area (Å²) >= 11 is 0. The quantitative estimate of drug-likeness (QED) is 0.426. The molecule has 5 rings (SSSR count). The Morgan fingerprint density at radius 2 is 1.33 bits per heavy atom. The molecule has 1 amide bonds. The summed E-state index contributed by atoms with van der Waals surface area (Å²) in [5.74, 6) is 0.0467. The molecule has 33 heavy (non-hydrogen) atoms. The van der Waals surface area contributed by atoms with Crippen molar-refractivity contribution in [3.8, 4) is 16.9 Å². The van der Waals surface area contributed by atoms with Crippen molar-refractivity contribution < 1.29 is 4.79 Å². The van der Waals surface area contributed by atoms with Gasteiger partial charge in [0.1, 0.15) is 5.69 Å². The van der Waals surface area contributed by atoms with Gasteiger partial charge in [0.2, 0.25) is 0 Å². The van der Waals surface area contributed by atoms with Crippen LogP contribution >= 0.6 is 12.4 Å². The number of piperazine rings is 1. The van der Waals surface area contributed by atoms with Crippen molar-refractivity contribution in [3.05, 3.63) is 108 Å². The average molecular weight is 459 g/mol. The molecule has 1 aromatic heterocycles. The van der Waals surface area contributed by atoms with E-state index in [1.165, 1.54) is 5.56 Å². The minimum absolute atomic E-state index is 0. The number of benzene rings is 3. The van der Waals surface area contributed by atoms with Crippen LogP contribution in [0.3, 0.4) is 0 Å². The number of rotatable bonds is 5. The average Bonchev–Trinajstić information content (AvgIpc) is 3.31. The molecule has 6 heteroatoms. The van der Waals surface area contributed by atoms with E-state index in [0.717, 1.165) is 49.7 Å². The van der Waals surface area contributed by atoms with Crippen molar-refractivity contribution in [2.75, 3.05) is 26.2 Å². The zero-order chi connectivity index (χ0) is 21.8. The van der Waals surface area contributed by atoms with Gasteiger partial charge in [0.25, 0.3) is 5.91 Å². The summed E-state index contributed by atoms with van der Waals surface area (Å²) < 4.78 is 1.81. The van der Waals surface area contributed by atoms with Crippen LogP contribution in [0.25, 0.3) is 16.9 Å². The Morgan fingerprint density at radius 1 is 0.758 bits per heavy atom. The number of hydrogen-bond acceptors (Lipinski definition) is 3. The molecule has 2 heterocycles. The highest BCUT2D eigenvalue weighted by Crippen LogP contribution is 2.25. The first kappa shape index (κ1) is 22.8. The van der Waals surface area contributed by atoms with Crippen LogP contribution in [-0.4, -0.2) is 51.7 Å². The van der Waals surface area contributed by atoms with Crippen molar-refractivity contribution in [1.82, 2.24) is 19.6 Å². The van der Waals surface area contributed by atoms with E-state index in [1.807, 2.05) is 77.8 Å². The van der Waals surface area contributed by atoms with Crippen molar-refractivity contribution in [3.63, 3.8) is 0 Å². The molecule has 1 aliphatic heterocycles. The van der Waals surface area contributed by atoms with Gasteiger partial charge < -0.3 is 4.90 Å². The maximum Gasteiger partial charge on any atom is 0.257 e. The molecule has 168 valence electrons. The molecule has 1 fully saturated rings. The molecular weight excluding hydrogens is 432 g/mol. The molecule has 0 aliphatic carbocycles. The molecule has 1 aliphatic rings. The van der Waals surface area contributed by atoms with Gasteiger partial charge in [0.15, 0.2) is 0 Å². The van der Waals surface area contributed by atoms with E-state index >= 15 is 0 Å². The number of halogens is 1. The Balaban J connectivity index is 0.00000259. The molecule has 1 saturated heterocycles. The van der Waals surface area contributed by atoms with Gasteiger partial charge in [-0.15, -0.1) is 12.4 Å². The molecule has 4 aromatic rings. The molecule has 0 saturated carbocycles. The van der Waals surface area contributed by atoms with Crippen molar-refractivity contribution in [2.45, 2.75) is 6.54 Å². The van der Waals surface area contributed by atoms with Gasteiger partial charge in [-0.2, -0.15) is 5.10 Å². The van der Waals surface area contributed by atoms with Gasteiger partial charge in [-0.05, 0) is 17.7 Å². The van der Waals surface area contributed by atoms with Crippen molar-refractivity contribution >= 4 is 18.3 Å². The third kappa shape index (κ3) is 5.16. The SMILES string of the molecule is Cl.O=C(c1cn(-c2ccccc2)nc1-c1ccccc1)N1CCN(Cc2ccccc2)CC1. The van der Waals surface area contributed by atoms with E-state index in [2.05, 4.69) is 29.2 Å². The summed E-state index contributed by atoms with van der Waals surface area (Å²) in [6, 6.07) is 30.4. The Hall–Kier alpha value is -3.41. The maximum absolute atomic E-state index is 13.6. The first-order valence-corrected chi connectivity index (χ1v) is 11.0. The number of carbonyl (C=O) groups is 1. The molecule has 0 spiro atoms. The first-order valence-electron chi connectivity index (χ1n) is 11.0. The molecule has 0 unspecified atom stereocenters. The number of nitrogens with zero attached hydrogens (tertiary/aromatic N) is 4. The summed E-state index contributed by atoms with van der Waals surface area (Å²) in [4.78, 5) is 17.9. The highest BCUT2D eigenvalue weighted by atomic mass is 35.5. The summed E-state index contributed by atoms with van der Waals surface area (Å²) in [7, 11) is 0. The predicted molar refractivity (Wildman–Crippen MR) is 134 cm³/mol. The van der Waals surface area contributed by atoms with Gasteiger partial charge >= 0.3 is 0 Å². The van der Waals surface area contributed by atoms with E-state index in [0.29, 0.717) is 5.56 Å². The molecule has 0 radical (unpaired) electrons. The van der Waals surface area contributed by atoms with Gasteiger partial charge in [-0.25, -0.2) is 4.68 Å². The number of para-hydroxylation sites is 1. The summed E-state index contributed by atoms with van der Waals surface area (Å²) in [6.07, 6.45) is 1.87. The molecule has 0 bridgehead atoms. The van der Waals surface area contributed by atoms with Crippen LogP contribution in [0.1, 0.15) is 15.9 Å². The zero-order valence-corrected chi connectivity index (χ0v) is 19.2. The Bertz CT molecular complexity index is 1170. The molecule has 3 aromatic carbocycles. The van der Waals surface area contributed by atoms with Crippen molar-refractivity contribution in [2.24, 2.45) is 0 Å². The molecule has 5 nitrogen and oxygen atoms in total. The van der Waals surface area contributed by atoms with Gasteiger partial charge in [-0.1, -0.05) is 78.9 Å². The summed E-state index contributed by atoms with van der Waals surface area (Å²) in [5.41, 5.74) is 4.58. The Labute approximate surface area is 200 Å². The Kier molecular flexibility index (Phi) is 7.23. The number of aromatic nitrogens is 2. The number of hydrogen-bond donors (Lipinski definition) is 0. The molecule has 0 atom stereocenters. The van der Waals surface area contributed by atoms with Gasteiger partial charge in [0, 0.05) is 44.5 Å². The van der Waals surface area contributed by atoms with Crippen LogP contribution in [0.15, 0.2) is 97.2 Å². The summed E-state index contributed by atoms with van der Waals surface area (Å²) in [5, 5.41) is 4.80. The fraction of sp³-hybridized carbons (Fsp3) is 0.185. The van der Waals surface area contributed by atoms with Crippen LogP contribution in [0.5, 0.6) is 0 Å². The second-order valence-electron chi connectivity index (χ2n) is 8.09. The summed E-state index contributed by atoms with van der Waals surface area (Å²) in [6.45, 7) is 4.10.